The van der Waals surface area contributed by atoms with E-state index in [4.69, 9.17) is 5.73 Å². The van der Waals surface area contributed by atoms with Gasteiger partial charge in [-0.1, -0.05) is 19.1 Å². The molecule has 0 saturated carbocycles. The van der Waals surface area contributed by atoms with Gasteiger partial charge in [0.25, 0.3) is 0 Å². The van der Waals surface area contributed by atoms with Crippen LogP contribution in [0.15, 0.2) is 12.2 Å². The lowest BCUT2D eigenvalue weighted by Gasteiger charge is -2.33. The highest BCUT2D eigenvalue weighted by Gasteiger charge is 2.27. The summed E-state index contributed by atoms with van der Waals surface area (Å²) in [7, 11) is 0. The van der Waals surface area contributed by atoms with E-state index in [9.17, 15) is 9.59 Å². The van der Waals surface area contributed by atoms with Gasteiger partial charge in [-0.3, -0.25) is 14.5 Å². The number of piperidine rings is 1. The zero-order chi connectivity index (χ0) is 14.4. The summed E-state index contributed by atoms with van der Waals surface area (Å²) in [5.41, 5.74) is 6.37. The summed E-state index contributed by atoms with van der Waals surface area (Å²) in [6.45, 7) is 11.0. The highest BCUT2D eigenvalue weighted by atomic mass is 16.2. The van der Waals surface area contributed by atoms with Gasteiger partial charge in [0.1, 0.15) is 0 Å². The molecule has 0 aromatic heterocycles. The van der Waals surface area contributed by atoms with Crippen molar-refractivity contribution in [1.29, 1.82) is 0 Å². The van der Waals surface area contributed by atoms with E-state index in [0.29, 0.717) is 13.1 Å². The molecule has 2 N–H and O–H groups in total. The standard InChI is InChI=1S/C14H25N3O2/c1-4-16(8-11(2)3)10-13(18)17-7-5-6-12(9-17)14(15)19/h12H,2,4-10H2,1,3H3,(H2,15,19). The average molecular weight is 267 g/mol. The number of primary amides is 1. The molecule has 5 nitrogen and oxygen atoms in total. The fourth-order valence-electron chi connectivity index (χ4n) is 2.39. The van der Waals surface area contributed by atoms with Crippen molar-refractivity contribution in [2.24, 2.45) is 11.7 Å². The number of nitrogens with zero attached hydrogens (tertiary/aromatic N) is 2. The number of hydrogen-bond acceptors (Lipinski definition) is 3. The van der Waals surface area contributed by atoms with E-state index in [1.807, 2.05) is 13.8 Å². The smallest absolute Gasteiger partial charge is 0.236 e. The topological polar surface area (TPSA) is 66.6 Å². The Morgan fingerprint density at radius 1 is 1.42 bits per heavy atom. The van der Waals surface area contributed by atoms with Gasteiger partial charge in [-0.15, -0.1) is 0 Å². The summed E-state index contributed by atoms with van der Waals surface area (Å²) in [5, 5.41) is 0. The van der Waals surface area contributed by atoms with Crippen LogP contribution in [0.2, 0.25) is 0 Å². The monoisotopic (exact) mass is 267 g/mol. The average Bonchev–Trinajstić information content (AvgIpc) is 2.37. The maximum Gasteiger partial charge on any atom is 0.236 e. The molecule has 1 rings (SSSR count). The summed E-state index contributed by atoms with van der Waals surface area (Å²) >= 11 is 0. The zero-order valence-corrected chi connectivity index (χ0v) is 12.0. The third-order valence-electron chi connectivity index (χ3n) is 3.48. The molecule has 1 heterocycles. The van der Waals surface area contributed by atoms with E-state index in [0.717, 1.165) is 38.0 Å². The number of carbonyl (C=O) groups excluding carboxylic acids is 2. The summed E-state index contributed by atoms with van der Waals surface area (Å²) in [6, 6.07) is 0. The first kappa shape index (κ1) is 15.7. The van der Waals surface area contributed by atoms with Crippen molar-refractivity contribution >= 4 is 11.8 Å². The molecule has 1 aliphatic heterocycles. The number of likely N-dealkylation sites (tertiary alicyclic amines) is 1. The molecule has 108 valence electrons. The second kappa shape index (κ2) is 7.28. The molecule has 2 amide bonds. The number of carbonyl (C=O) groups is 2. The molecule has 1 fully saturated rings. The van der Waals surface area contributed by atoms with Crippen molar-refractivity contribution in [2.45, 2.75) is 26.7 Å². The number of nitrogens with two attached hydrogens (primary N) is 1. The van der Waals surface area contributed by atoms with Gasteiger partial charge in [-0.2, -0.15) is 0 Å². The molecule has 0 radical (unpaired) electrons. The minimum absolute atomic E-state index is 0.0778. The summed E-state index contributed by atoms with van der Waals surface area (Å²) in [5.74, 6) is -0.408. The van der Waals surface area contributed by atoms with Crippen LogP contribution in [0.25, 0.3) is 0 Å². The van der Waals surface area contributed by atoms with E-state index in [1.54, 1.807) is 4.90 Å². The van der Waals surface area contributed by atoms with Crippen LogP contribution < -0.4 is 5.73 Å². The molecule has 1 atom stereocenters. The van der Waals surface area contributed by atoms with Crippen LogP contribution in [0.5, 0.6) is 0 Å². The Hall–Kier alpha value is -1.36. The first-order chi connectivity index (χ1) is 8.93. The lowest BCUT2D eigenvalue weighted by Crippen LogP contribution is -2.47. The van der Waals surface area contributed by atoms with E-state index in [-0.39, 0.29) is 17.7 Å². The van der Waals surface area contributed by atoms with Crippen LogP contribution in [0.3, 0.4) is 0 Å². The molecule has 0 aromatic rings. The van der Waals surface area contributed by atoms with E-state index in [2.05, 4.69) is 11.5 Å². The molecular weight excluding hydrogens is 242 g/mol. The number of hydrogen-bond donors (Lipinski definition) is 1. The van der Waals surface area contributed by atoms with Crippen LogP contribution in [-0.2, 0) is 9.59 Å². The van der Waals surface area contributed by atoms with Crippen LogP contribution in [0.1, 0.15) is 26.7 Å². The fraction of sp³-hybridized carbons (Fsp3) is 0.714. The third kappa shape index (κ3) is 5.03. The van der Waals surface area contributed by atoms with E-state index < -0.39 is 0 Å². The molecule has 1 aliphatic rings. The van der Waals surface area contributed by atoms with Crippen molar-refractivity contribution in [3.05, 3.63) is 12.2 Å². The van der Waals surface area contributed by atoms with Crippen LogP contribution in [0, 0.1) is 5.92 Å². The quantitative estimate of drug-likeness (QED) is 0.717. The van der Waals surface area contributed by atoms with Gasteiger partial charge in [-0.05, 0) is 26.3 Å². The van der Waals surface area contributed by atoms with Crippen LogP contribution in [0.4, 0.5) is 0 Å². The SMILES string of the molecule is C=C(C)CN(CC)CC(=O)N1CCCC(C(N)=O)C1. The second-order valence-electron chi connectivity index (χ2n) is 5.34. The van der Waals surface area contributed by atoms with Crippen molar-refractivity contribution in [2.75, 3.05) is 32.7 Å². The van der Waals surface area contributed by atoms with Crippen molar-refractivity contribution in [1.82, 2.24) is 9.80 Å². The zero-order valence-electron chi connectivity index (χ0n) is 12.0. The van der Waals surface area contributed by atoms with Gasteiger partial charge in [0, 0.05) is 19.6 Å². The third-order valence-corrected chi connectivity index (χ3v) is 3.48. The van der Waals surface area contributed by atoms with Gasteiger partial charge in [0.2, 0.25) is 11.8 Å². The van der Waals surface area contributed by atoms with Gasteiger partial charge in [-0.25, -0.2) is 0 Å². The molecule has 1 saturated heterocycles. The molecule has 0 spiro atoms. The van der Waals surface area contributed by atoms with Crippen molar-refractivity contribution in [3.8, 4) is 0 Å². The Kier molecular flexibility index (Phi) is 6.02. The normalized spacial score (nSPS) is 19.5. The van der Waals surface area contributed by atoms with Crippen molar-refractivity contribution in [3.63, 3.8) is 0 Å². The highest BCUT2D eigenvalue weighted by molar-refractivity contribution is 5.81. The van der Waals surface area contributed by atoms with Gasteiger partial charge in [0.15, 0.2) is 0 Å². The number of amides is 2. The Morgan fingerprint density at radius 2 is 2.11 bits per heavy atom. The van der Waals surface area contributed by atoms with Gasteiger partial charge < -0.3 is 10.6 Å². The van der Waals surface area contributed by atoms with Crippen molar-refractivity contribution < 1.29 is 9.59 Å². The fourth-order valence-corrected chi connectivity index (χ4v) is 2.39. The number of likely N-dealkylation sites (N-methyl/N-ethyl adjacent to an activating group) is 1. The minimum atomic E-state index is -0.299. The molecule has 19 heavy (non-hydrogen) atoms. The van der Waals surface area contributed by atoms with E-state index >= 15 is 0 Å². The second-order valence-corrected chi connectivity index (χ2v) is 5.34. The Bertz CT molecular complexity index is 355. The minimum Gasteiger partial charge on any atom is -0.369 e. The highest BCUT2D eigenvalue weighted by Crippen LogP contribution is 2.16. The Morgan fingerprint density at radius 3 is 2.63 bits per heavy atom. The maximum atomic E-state index is 12.2. The molecule has 0 aliphatic carbocycles. The molecule has 5 heteroatoms. The van der Waals surface area contributed by atoms with Gasteiger partial charge in [0.05, 0.1) is 12.5 Å². The van der Waals surface area contributed by atoms with E-state index in [1.165, 1.54) is 0 Å². The molecule has 1 unspecified atom stereocenters. The summed E-state index contributed by atoms with van der Waals surface area (Å²) < 4.78 is 0. The van der Waals surface area contributed by atoms with Crippen LogP contribution in [-0.4, -0.2) is 54.3 Å². The molecule has 0 bridgehead atoms. The Labute approximate surface area is 115 Å². The summed E-state index contributed by atoms with van der Waals surface area (Å²) in [6.07, 6.45) is 1.65. The Balaban J connectivity index is 2.52. The van der Waals surface area contributed by atoms with Gasteiger partial charge >= 0.3 is 0 Å². The predicted octanol–water partition coefficient (Wildman–Crippen LogP) is 0.608. The van der Waals surface area contributed by atoms with Crippen LogP contribution >= 0.6 is 0 Å². The maximum absolute atomic E-state index is 12.2. The summed E-state index contributed by atoms with van der Waals surface area (Å²) in [4.78, 5) is 27.2. The lowest BCUT2D eigenvalue weighted by atomic mass is 9.97. The largest absolute Gasteiger partial charge is 0.369 e. The molecular formula is C14H25N3O2. The number of rotatable bonds is 6. The molecule has 0 aromatic carbocycles. The predicted molar refractivity (Wildman–Crippen MR) is 75.4 cm³/mol. The first-order valence-corrected chi connectivity index (χ1v) is 6.87. The first-order valence-electron chi connectivity index (χ1n) is 6.87. The lowest BCUT2D eigenvalue weighted by molar-refractivity contribution is -0.135.